The fourth-order valence-electron chi connectivity index (χ4n) is 4.93. The van der Waals surface area contributed by atoms with Crippen LogP contribution in [0.3, 0.4) is 0 Å². The maximum Gasteiger partial charge on any atom is 0.417 e. The molecule has 0 radical (unpaired) electrons. The summed E-state index contributed by atoms with van der Waals surface area (Å²) in [5.41, 5.74) is -1.40. The molecule has 2 fully saturated rings. The number of carbonyl (C=O) groups excluding carboxylic acids is 2. The molecule has 1 saturated carbocycles. The lowest BCUT2D eigenvalue weighted by Crippen LogP contribution is -2.55. The van der Waals surface area contributed by atoms with Gasteiger partial charge in [0.25, 0.3) is 5.91 Å². The standard InChI is InChI=1S/C27H27F3N4O2S/c1-25(2,22(35)32-3)14-11-17-5-8-19(9-6-17)34-24(37)33(23(36)26(34)12-4-13-26)20-10-7-18(16-31)21(15-20)27(28,29)30/h5-10,15H,4,11-14H2,1-3H3,(H,32,35). The van der Waals surface area contributed by atoms with E-state index in [-0.39, 0.29) is 22.6 Å². The third-order valence-corrected chi connectivity index (χ3v) is 7.72. The molecule has 2 aromatic carbocycles. The highest BCUT2D eigenvalue weighted by Gasteiger charge is 2.59. The zero-order valence-electron chi connectivity index (χ0n) is 20.8. The lowest BCUT2D eigenvalue weighted by atomic mass is 9.75. The van der Waals surface area contributed by atoms with Gasteiger partial charge in [-0.25, -0.2) is 0 Å². The van der Waals surface area contributed by atoms with Gasteiger partial charge in [-0.1, -0.05) is 26.0 Å². The van der Waals surface area contributed by atoms with Crippen LogP contribution >= 0.6 is 12.2 Å². The average Bonchev–Trinajstić information content (AvgIpc) is 3.08. The number of nitrogens with zero attached hydrogens (tertiary/aromatic N) is 3. The molecule has 0 atom stereocenters. The number of anilines is 2. The van der Waals surface area contributed by atoms with E-state index in [2.05, 4.69) is 5.32 Å². The molecule has 2 aliphatic rings. The van der Waals surface area contributed by atoms with Crippen molar-refractivity contribution in [3.63, 3.8) is 0 Å². The van der Waals surface area contributed by atoms with Gasteiger partial charge in [0.1, 0.15) is 5.54 Å². The summed E-state index contributed by atoms with van der Waals surface area (Å²) in [6, 6.07) is 12.3. The molecule has 1 spiro atoms. The molecule has 1 N–H and O–H groups in total. The zero-order chi connectivity index (χ0) is 27.2. The van der Waals surface area contributed by atoms with Gasteiger partial charge in [0.15, 0.2) is 5.11 Å². The average molecular weight is 529 g/mol. The minimum absolute atomic E-state index is 0.0110. The summed E-state index contributed by atoms with van der Waals surface area (Å²) in [4.78, 5) is 28.6. The van der Waals surface area contributed by atoms with E-state index in [1.807, 2.05) is 38.1 Å². The van der Waals surface area contributed by atoms with Gasteiger partial charge >= 0.3 is 6.18 Å². The first kappa shape index (κ1) is 26.6. The Bertz CT molecular complexity index is 1290. The van der Waals surface area contributed by atoms with Crippen LogP contribution in [0.4, 0.5) is 24.5 Å². The first-order valence-corrected chi connectivity index (χ1v) is 12.4. The van der Waals surface area contributed by atoms with E-state index in [4.69, 9.17) is 17.5 Å². The van der Waals surface area contributed by atoms with E-state index in [1.54, 1.807) is 18.0 Å². The number of aryl methyl sites for hydroxylation is 1. The molecule has 1 aliphatic carbocycles. The predicted octanol–water partition coefficient (Wildman–Crippen LogP) is 5.34. The Morgan fingerprint density at radius 3 is 2.27 bits per heavy atom. The van der Waals surface area contributed by atoms with Crippen molar-refractivity contribution < 1.29 is 22.8 Å². The van der Waals surface area contributed by atoms with Crippen LogP contribution in [0.25, 0.3) is 0 Å². The van der Waals surface area contributed by atoms with Crippen LogP contribution in [-0.2, 0) is 22.2 Å². The highest BCUT2D eigenvalue weighted by Crippen LogP contribution is 2.48. The monoisotopic (exact) mass is 528 g/mol. The number of halogens is 3. The summed E-state index contributed by atoms with van der Waals surface area (Å²) >= 11 is 5.67. The number of amides is 2. The minimum Gasteiger partial charge on any atom is -0.359 e. The zero-order valence-corrected chi connectivity index (χ0v) is 21.6. The summed E-state index contributed by atoms with van der Waals surface area (Å²) in [5, 5.41) is 11.9. The van der Waals surface area contributed by atoms with E-state index in [0.717, 1.165) is 29.0 Å². The number of benzene rings is 2. The Morgan fingerprint density at radius 1 is 1.14 bits per heavy atom. The summed E-state index contributed by atoms with van der Waals surface area (Å²) in [5.74, 6) is -0.397. The van der Waals surface area contributed by atoms with Crippen molar-refractivity contribution in [3.05, 3.63) is 59.2 Å². The van der Waals surface area contributed by atoms with Gasteiger partial charge < -0.3 is 10.2 Å². The fraction of sp³-hybridized carbons (Fsp3) is 0.407. The lowest BCUT2D eigenvalue weighted by molar-refractivity contribution is -0.137. The topological polar surface area (TPSA) is 76.4 Å². The number of rotatable bonds is 6. The van der Waals surface area contributed by atoms with Gasteiger partial charge in [-0.15, -0.1) is 0 Å². The largest absolute Gasteiger partial charge is 0.417 e. The molecule has 1 saturated heterocycles. The maximum absolute atomic E-state index is 13.6. The molecule has 4 rings (SSSR count). The van der Waals surface area contributed by atoms with Crippen LogP contribution in [0.15, 0.2) is 42.5 Å². The minimum atomic E-state index is -4.75. The third kappa shape index (κ3) is 4.57. The summed E-state index contributed by atoms with van der Waals surface area (Å²) in [6.07, 6.45) is -1.56. The molecule has 0 aromatic heterocycles. The molecule has 194 valence electrons. The number of hydrogen-bond donors (Lipinski definition) is 1. The van der Waals surface area contributed by atoms with Crippen molar-refractivity contribution in [1.82, 2.24) is 5.32 Å². The molecule has 6 nitrogen and oxygen atoms in total. The molecular weight excluding hydrogens is 501 g/mol. The van der Waals surface area contributed by atoms with Gasteiger partial charge in [-0.3, -0.25) is 14.5 Å². The molecular formula is C27H27F3N4O2S. The predicted molar refractivity (Wildman–Crippen MR) is 138 cm³/mol. The fourth-order valence-corrected chi connectivity index (χ4v) is 5.40. The Hall–Kier alpha value is -3.45. The molecule has 10 heteroatoms. The van der Waals surface area contributed by atoms with Crippen LogP contribution in [0.2, 0.25) is 0 Å². The van der Waals surface area contributed by atoms with Gasteiger partial charge in [0.2, 0.25) is 5.91 Å². The summed E-state index contributed by atoms with van der Waals surface area (Å²) in [6.45, 7) is 3.77. The Balaban J connectivity index is 1.63. The molecule has 2 aromatic rings. The van der Waals surface area contributed by atoms with Crippen LogP contribution in [-0.4, -0.2) is 29.5 Å². The van der Waals surface area contributed by atoms with E-state index in [1.165, 1.54) is 6.07 Å². The molecule has 0 bridgehead atoms. The highest BCUT2D eigenvalue weighted by molar-refractivity contribution is 7.81. The second-order valence-electron chi connectivity index (χ2n) is 10.1. The van der Waals surface area contributed by atoms with Gasteiger partial charge in [0.05, 0.1) is 22.9 Å². The number of carbonyl (C=O) groups is 2. The maximum atomic E-state index is 13.6. The molecule has 1 aliphatic heterocycles. The van der Waals surface area contributed by atoms with Crippen LogP contribution in [0.5, 0.6) is 0 Å². The second kappa shape index (κ2) is 9.45. The second-order valence-corrected chi connectivity index (χ2v) is 10.5. The van der Waals surface area contributed by atoms with Crippen molar-refractivity contribution in [1.29, 1.82) is 5.26 Å². The Kier molecular flexibility index (Phi) is 6.80. The van der Waals surface area contributed by atoms with Gasteiger partial charge in [0, 0.05) is 18.2 Å². The van der Waals surface area contributed by atoms with Gasteiger partial charge in [-0.2, -0.15) is 18.4 Å². The smallest absolute Gasteiger partial charge is 0.359 e. The first-order valence-electron chi connectivity index (χ1n) is 12.0. The SMILES string of the molecule is CNC(=O)C(C)(C)CCc1ccc(N2C(=S)N(c3ccc(C#N)c(C(F)(F)F)c3)C(=O)C23CCC3)cc1. The van der Waals surface area contributed by atoms with Crippen LogP contribution < -0.4 is 15.1 Å². The van der Waals surface area contributed by atoms with Gasteiger partial charge in [-0.05, 0) is 80.2 Å². The molecule has 2 amide bonds. The number of thiocarbonyl (C=S) groups is 1. The van der Waals surface area contributed by atoms with E-state index in [0.29, 0.717) is 31.4 Å². The molecule has 37 heavy (non-hydrogen) atoms. The number of hydrogen-bond acceptors (Lipinski definition) is 4. The Labute approximate surface area is 219 Å². The van der Waals surface area contributed by atoms with Crippen molar-refractivity contribution in [2.45, 2.75) is 57.7 Å². The van der Waals surface area contributed by atoms with Crippen LogP contribution in [0, 0.1) is 16.7 Å². The van der Waals surface area contributed by atoms with E-state index in [9.17, 15) is 22.8 Å². The van der Waals surface area contributed by atoms with E-state index < -0.39 is 28.3 Å². The number of nitriles is 1. The van der Waals surface area contributed by atoms with Crippen molar-refractivity contribution in [2.24, 2.45) is 5.41 Å². The highest BCUT2D eigenvalue weighted by atomic mass is 32.1. The molecule has 0 unspecified atom stereocenters. The van der Waals surface area contributed by atoms with E-state index >= 15 is 0 Å². The van der Waals surface area contributed by atoms with Crippen LogP contribution in [0.1, 0.15) is 56.2 Å². The third-order valence-electron chi connectivity index (χ3n) is 7.35. The normalized spacial score (nSPS) is 17.1. The van der Waals surface area contributed by atoms with Crippen molar-refractivity contribution in [3.8, 4) is 6.07 Å². The first-order chi connectivity index (χ1) is 17.4. The van der Waals surface area contributed by atoms with Crippen molar-refractivity contribution in [2.75, 3.05) is 16.8 Å². The quantitative estimate of drug-likeness (QED) is 0.512. The Morgan fingerprint density at radius 2 is 1.76 bits per heavy atom. The molecule has 1 heterocycles. The number of nitrogens with one attached hydrogen (secondary N) is 1. The van der Waals surface area contributed by atoms with Crippen molar-refractivity contribution >= 4 is 40.5 Å². The number of alkyl halides is 3. The summed E-state index contributed by atoms with van der Waals surface area (Å²) < 4.78 is 40.8. The lowest BCUT2D eigenvalue weighted by Gasteiger charge is -2.43. The summed E-state index contributed by atoms with van der Waals surface area (Å²) in [7, 11) is 1.61.